The predicted octanol–water partition coefficient (Wildman–Crippen LogP) is 2.58. The summed E-state index contributed by atoms with van der Waals surface area (Å²) in [6, 6.07) is 7.50. The van der Waals surface area contributed by atoms with Crippen LogP contribution >= 0.6 is 0 Å². The number of nitrogen functional groups attached to an aromatic ring is 1. The van der Waals surface area contributed by atoms with E-state index in [1.54, 1.807) is 4.90 Å². The van der Waals surface area contributed by atoms with Crippen LogP contribution in [0.4, 0.5) is 11.6 Å². The maximum atomic E-state index is 13.5. The number of fused-ring (bicyclic) bond motifs is 1. The van der Waals surface area contributed by atoms with Crippen LogP contribution in [0.2, 0.25) is 0 Å². The van der Waals surface area contributed by atoms with Crippen molar-refractivity contribution in [1.29, 1.82) is 0 Å². The molecule has 2 N–H and O–H groups in total. The summed E-state index contributed by atoms with van der Waals surface area (Å²) in [7, 11) is 0. The maximum Gasteiger partial charge on any atom is 0.261 e. The lowest BCUT2D eigenvalue weighted by Gasteiger charge is -2.34. The van der Waals surface area contributed by atoms with E-state index in [4.69, 9.17) is 25.2 Å². The molecule has 1 saturated heterocycles. The smallest absolute Gasteiger partial charge is 0.261 e. The van der Waals surface area contributed by atoms with Crippen LogP contribution in [0.25, 0.3) is 11.3 Å². The van der Waals surface area contributed by atoms with Crippen LogP contribution < -0.4 is 15.4 Å². The molecule has 2 aromatic rings. The highest BCUT2D eigenvalue weighted by atomic mass is 16.5. The molecule has 1 aromatic heterocycles. The van der Waals surface area contributed by atoms with Crippen molar-refractivity contribution in [1.82, 2.24) is 14.9 Å². The number of ether oxygens (including phenoxy) is 2. The summed E-state index contributed by atoms with van der Waals surface area (Å²) in [5, 5.41) is 0. The predicted molar refractivity (Wildman–Crippen MR) is 116 cm³/mol. The van der Waals surface area contributed by atoms with Gasteiger partial charge in [-0.1, -0.05) is 12.1 Å². The van der Waals surface area contributed by atoms with Crippen molar-refractivity contribution in [2.45, 2.75) is 39.3 Å². The van der Waals surface area contributed by atoms with Crippen LogP contribution in [0.5, 0.6) is 5.88 Å². The molecule has 0 aliphatic carbocycles. The Kier molecular flexibility index (Phi) is 5.27. The highest BCUT2D eigenvalue weighted by Crippen LogP contribution is 2.36. The maximum absolute atomic E-state index is 13.5. The van der Waals surface area contributed by atoms with Crippen molar-refractivity contribution >= 4 is 17.5 Å². The summed E-state index contributed by atoms with van der Waals surface area (Å²) in [4.78, 5) is 27.0. The fourth-order valence-electron chi connectivity index (χ4n) is 3.94. The van der Waals surface area contributed by atoms with E-state index < -0.39 is 5.60 Å². The van der Waals surface area contributed by atoms with Gasteiger partial charge in [-0.2, -0.15) is 4.98 Å². The number of carbonyl (C=O) groups excluding carboxylic acids is 1. The van der Waals surface area contributed by atoms with Crippen LogP contribution in [-0.4, -0.2) is 65.3 Å². The average Bonchev–Trinajstić information content (AvgIpc) is 2.81. The van der Waals surface area contributed by atoms with Crippen molar-refractivity contribution in [2.24, 2.45) is 0 Å². The van der Waals surface area contributed by atoms with Crippen molar-refractivity contribution in [3.63, 3.8) is 0 Å². The molecule has 1 unspecified atom stereocenters. The topological polar surface area (TPSA) is 93.8 Å². The zero-order valence-electron chi connectivity index (χ0n) is 18.0. The Hall–Kier alpha value is -2.87. The fourth-order valence-corrected chi connectivity index (χ4v) is 3.94. The summed E-state index contributed by atoms with van der Waals surface area (Å²) in [5.74, 6) is 0.757. The third-order valence-electron chi connectivity index (χ3n) is 5.50. The molecular formula is C22H29N5O3. The number of nitrogens with zero attached hydrogens (tertiary/aromatic N) is 4. The molecule has 8 nitrogen and oxygen atoms in total. The van der Waals surface area contributed by atoms with Gasteiger partial charge >= 0.3 is 0 Å². The SMILES string of the molecule is CCN1CC(C)(C)Oc2nc(N3CCOCC3C)nc(-c3ccc(N)cc3)c2C1=O. The summed E-state index contributed by atoms with van der Waals surface area (Å²) in [5.41, 5.74) is 7.73. The van der Waals surface area contributed by atoms with Gasteiger partial charge in [0.1, 0.15) is 11.2 Å². The molecule has 3 heterocycles. The number of rotatable bonds is 3. The molecule has 1 amide bonds. The van der Waals surface area contributed by atoms with Crippen molar-refractivity contribution in [3.05, 3.63) is 29.8 Å². The van der Waals surface area contributed by atoms with Crippen LogP contribution in [0.1, 0.15) is 38.1 Å². The zero-order chi connectivity index (χ0) is 21.5. The summed E-state index contributed by atoms with van der Waals surface area (Å²) in [6.07, 6.45) is 0. The minimum Gasteiger partial charge on any atom is -0.469 e. The Balaban J connectivity index is 1.93. The van der Waals surface area contributed by atoms with Gasteiger partial charge < -0.3 is 25.0 Å². The van der Waals surface area contributed by atoms with E-state index >= 15 is 0 Å². The lowest BCUT2D eigenvalue weighted by molar-refractivity contribution is 0.0541. The lowest BCUT2D eigenvalue weighted by atomic mass is 10.0. The molecule has 30 heavy (non-hydrogen) atoms. The molecule has 1 fully saturated rings. The number of benzene rings is 1. The van der Waals surface area contributed by atoms with Crippen molar-refractivity contribution < 1.29 is 14.3 Å². The van der Waals surface area contributed by atoms with E-state index in [0.717, 1.165) is 5.56 Å². The molecule has 1 aromatic carbocycles. The van der Waals surface area contributed by atoms with E-state index in [-0.39, 0.29) is 11.9 Å². The Morgan fingerprint density at radius 2 is 1.97 bits per heavy atom. The highest BCUT2D eigenvalue weighted by molar-refractivity contribution is 6.02. The summed E-state index contributed by atoms with van der Waals surface area (Å²) >= 11 is 0. The fraction of sp³-hybridized carbons (Fsp3) is 0.500. The lowest BCUT2D eigenvalue weighted by Crippen LogP contribution is -2.44. The van der Waals surface area contributed by atoms with Crippen molar-refractivity contribution in [2.75, 3.05) is 43.5 Å². The number of anilines is 2. The average molecular weight is 412 g/mol. The number of nitrogens with two attached hydrogens (primary N) is 1. The Labute approximate surface area is 177 Å². The van der Waals surface area contributed by atoms with Crippen LogP contribution in [-0.2, 0) is 4.74 Å². The first kappa shape index (κ1) is 20.4. The molecule has 2 aliphatic heterocycles. The number of hydrogen-bond acceptors (Lipinski definition) is 7. The van der Waals surface area contributed by atoms with Gasteiger partial charge in [-0.25, -0.2) is 4.98 Å². The largest absolute Gasteiger partial charge is 0.469 e. The van der Waals surface area contributed by atoms with Crippen LogP contribution in [0.3, 0.4) is 0 Å². The highest BCUT2D eigenvalue weighted by Gasteiger charge is 2.37. The van der Waals surface area contributed by atoms with E-state index in [9.17, 15) is 4.79 Å². The molecule has 8 heteroatoms. The van der Waals surface area contributed by atoms with Crippen molar-refractivity contribution in [3.8, 4) is 17.1 Å². The number of carbonyl (C=O) groups is 1. The number of likely N-dealkylation sites (N-methyl/N-ethyl adjacent to an activating group) is 1. The summed E-state index contributed by atoms with van der Waals surface area (Å²) < 4.78 is 11.9. The van der Waals surface area contributed by atoms with E-state index in [1.807, 2.05) is 45.0 Å². The molecule has 1 atom stereocenters. The van der Waals surface area contributed by atoms with Gasteiger partial charge in [0.05, 0.1) is 31.5 Å². The monoisotopic (exact) mass is 411 g/mol. The third-order valence-corrected chi connectivity index (χ3v) is 5.50. The molecule has 0 bridgehead atoms. The van der Waals surface area contributed by atoms with Gasteiger partial charge in [-0.05, 0) is 39.8 Å². The van der Waals surface area contributed by atoms with E-state index in [2.05, 4.69) is 11.8 Å². The minimum atomic E-state index is -0.572. The second-order valence-electron chi connectivity index (χ2n) is 8.47. The number of morpholine rings is 1. The molecule has 4 rings (SSSR count). The van der Waals surface area contributed by atoms with Gasteiger partial charge in [-0.3, -0.25) is 4.79 Å². The van der Waals surface area contributed by atoms with Gasteiger partial charge in [0, 0.05) is 24.3 Å². The molecule has 0 saturated carbocycles. The minimum absolute atomic E-state index is 0.119. The van der Waals surface area contributed by atoms with Gasteiger partial charge in [0.15, 0.2) is 0 Å². The summed E-state index contributed by atoms with van der Waals surface area (Å²) in [6.45, 7) is 10.9. The number of amides is 1. The first-order chi connectivity index (χ1) is 14.3. The second kappa shape index (κ2) is 7.75. The molecule has 160 valence electrons. The third kappa shape index (κ3) is 3.79. The number of hydrogen-bond donors (Lipinski definition) is 1. The number of aromatic nitrogens is 2. The molecule has 0 radical (unpaired) electrons. The van der Waals surface area contributed by atoms with Gasteiger partial charge in [0.2, 0.25) is 11.8 Å². The quantitative estimate of drug-likeness (QED) is 0.776. The normalized spacial score (nSPS) is 21.1. The molecule has 2 aliphatic rings. The zero-order valence-corrected chi connectivity index (χ0v) is 18.0. The van der Waals surface area contributed by atoms with E-state index in [1.165, 1.54) is 0 Å². The van der Waals surface area contributed by atoms with Crippen LogP contribution in [0.15, 0.2) is 24.3 Å². The molecular weight excluding hydrogens is 382 g/mol. The van der Waals surface area contributed by atoms with Gasteiger partial charge in [-0.15, -0.1) is 0 Å². The Bertz CT molecular complexity index is 945. The first-order valence-electron chi connectivity index (χ1n) is 10.4. The first-order valence-corrected chi connectivity index (χ1v) is 10.4. The standard InChI is InChI=1S/C22H29N5O3/c1-5-26-13-22(3,4)30-19-17(20(26)28)18(15-6-8-16(23)9-7-15)24-21(25-19)27-10-11-29-12-14(27)2/h6-9,14H,5,10-13,23H2,1-4H3. The second-order valence-corrected chi connectivity index (χ2v) is 8.47. The van der Waals surface area contributed by atoms with Gasteiger partial charge in [0.25, 0.3) is 5.91 Å². The van der Waals surface area contributed by atoms with E-state index in [0.29, 0.717) is 61.6 Å². The molecule has 0 spiro atoms. The Morgan fingerprint density at radius 1 is 1.23 bits per heavy atom. The Morgan fingerprint density at radius 3 is 2.63 bits per heavy atom. The van der Waals surface area contributed by atoms with Crippen LogP contribution in [0, 0.1) is 0 Å².